The van der Waals surface area contributed by atoms with Gasteiger partial charge in [-0.05, 0) is 25.7 Å². The van der Waals surface area contributed by atoms with E-state index in [1.807, 2.05) is 6.08 Å². The van der Waals surface area contributed by atoms with Gasteiger partial charge < -0.3 is 4.79 Å². The fraction of sp³-hybridized carbons (Fsp3) is 0.692. The number of rotatable bonds is 5. The highest BCUT2D eigenvalue weighted by Gasteiger charge is 2.32. The molecule has 0 N–H and O–H groups in total. The average molecular weight is 208 g/mol. The van der Waals surface area contributed by atoms with Gasteiger partial charge in [0.05, 0.1) is 0 Å². The largest absolute Gasteiger partial charge is 0.300 e. The third-order valence-corrected chi connectivity index (χ3v) is 2.99. The Labute approximate surface area is 91.7 Å². The molecule has 1 aliphatic rings. The van der Waals surface area contributed by atoms with E-state index < -0.39 is 0 Å². The van der Waals surface area contributed by atoms with Crippen LogP contribution in [0.2, 0.25) is 0 Å². The van der Waals surface area contributed by atoms with Gasteiger partial charge in [0.25, 0.3) is 0 Å². The van der Waals surface area contributed by atoms with Crippen molar-refractivity contribution in [2.24, 2.45) is 11.8 Å². The molecule has 0 aromatic carbocycles. The summed E-state index contributed by atoms with van der Waals surface area (Å²) < 4.78 is 0. The number of Topliss-reactive ketones (excluding diaryl/α,β-unsaturated/α-hetero) is 2. The van der Waals surface area contributed by atoms with Crippen molar-refractivity contribution in [2.75, 3.05) is 0 Å². The predicted octanol–water partition coefficient (Wildman–Crippen LogP) is 2.92. The summed E-state index contributed by atoms with van der Waals surface area (Å²) >= 11 is 0. The van der Waals surface area contributed by atoms with Crippen LogP contribution in [0.25, 0.3) is 0 Å². The van der Waals surface area contributed by atoms with E-state index in [2.05, 4.69) is 13.0 Å². The molecule has 84 valence electrons. The smallest absolute Gasteiger partial charge is 0.140 e. The molecule has 0 radical (unpaired) electrons. The molecule has 2 atom stereocenters. The van der Waals surface area contributed by atoms with Crippen LogP contribution in [0.3, 0.4) is 0 Å². The fourth-order valence-corrected chi connectivity index (χ4v) is 2.21. The van der Waals surface area contributed by atoms with Gasteiger partial charge >= 0.3 is 0 Å². The van der Waals surface area contributed by atoms with Crippen molar-refractivity contribution in [2.45, 2.75) is 46.0 Å². The number of hydrogen-bond acceptors (Lipinski definition) is 2. The minimum Gasteiger partial charge on any atom is -0.300 e. The lowest BCUT2D eigenvalue weighted by molar-refractivity contribution is -0.120. The van der Waals surface area contributed by atoms with Gasteiger partial charge in [-0.25, -0.2) is 0 Å². The van der Waals surface area contributed by atoms with Crippen molar-refractivity contribution in [1.82, 2.24) is 0 Å². The minimum atomic E-state index is 0.0143. The maximum Gasteiger partial charge on any atom is 0.140 e. The third kappa shape index (κ3) is 3.61. The number of allylic oxidation sites excluding steroid dienone is 2. The Kier molecular flexibility index (Phi) is 4.73. The van der Waals surface area contributed by atoms with Crippen LogP contribution < -0.4 is 0 Å². The standard InChI is InChI=1S/C13H20O2/c1-3-4-5-6-12-11(9-10(2)14)7-8-13(12)15/h5-6,11-12H,3-4,7-9H2,1-2H3. The zero-order valence-corrected chi connectivity index (χ0v) is 9.66. The van der Waals surface area contributed by atoms with E-state index in [9.17, 15) is 9.59 Å². The van der Waals surface area contributed by atoms with Crippen LogP contribution in [0.5, 0.6) is 0 Å². The third-order valence-electron chi connectivity index (χ3n) is 2.99. The first kappa shape index (κ1) is 12.2. The molecule has 2 unspecified atom stereocenters. The fourth-order valence-electron chi connectivity index (χ4n) is 2.21. The first-order valence-electron chi connectivity index (χ1n) is 5.84. The van der Waals surface area contributed by atoms with E-state index in [1.54, 1.807) is 6.92 Å². The van der Waals surface area contributed by atoms with Crippen molar-refractivity contribution in [1.29, 1.82) is 0 Å². The molecule has 15 heavy (non-hydrogen) atoms. The maximum absolute atomic E-state index is 11.6. The maximum atomic E-state index is 11.6. The number of hydrogen-bond donors (Lipinski definition) is 0. The second-order valence-electron chi connectivity index (χ2n) is 4.41. The molecule has 0 spiro atoms. The quantitative estimate of drug-likeness (QED) is 0.651. The monoisotopic (exact) mass is 208 g/mol. The Morgan fingerprint density at radius 3 is 2.87 bits per heavy atom. The first-order chi connectivity index (χ1) is 7.15. The number of ketones is 2. The minimum absolute atomic E-state index is 0.0143. The molecule has 1 rings (SSSR count). The number of unbranched alkanes of at least 4 members (excludes halogenated alkanes) is 1. The van der Waals surface area contributed by atoms with Crippen molar-refractivity contribution in [3.8, 4) is 0 Å². The van der Waals surface area contributed by atoms with E-state index in [1.165, 1.54) is 0 Å². The highest BCUT2D eigenvalue weighted by Crippen LogP contribution is 2.32. The van der Waals surface area contributed by atoms with Crippen LogP contribution in [0.15, 0.2) is 12.2 Å². The Morgan fingerprint density at radius 1 is 1.53 bits per heavy atom. The summed E-state index contributed by atoms with van der Waals surface area (Å²) in [4.78, 5) is 22.6. The molecule has 2 nitrogen and oxygen atoms in total. The summed E-state index contributed by atoms with van der Waals surface area (Å²) in [5.74, 6) is 0.792. The topological polar surface area (TPSA) is 34.1 Å². The zero-order valence-electron chi connectivity index (χ0n) is 9.66. The van der Waals surface area contributed by atoms with Crippen molar-refractivity contribution in [3.05, 3.63) is 12.2 Å². The molecule has 2 heteroatoms. The molecule has 0 bridgehead atoms. The van der Waals surface area contributed by atoms with Crippen molar-refractivity contribution >= 4 is 11.6 Å². The summed E-state index contributed by atoms with van der Waals surface area (Å²) in [6, 6.07) is 0. The Bertz CT molecular complexity index is 266. The molecule has 1 saturated carbocycles. The Morgan fingerprint density at radius 2 is 2.27 bits per heavy atom. The SMILES string of the molecule is CCCC=CC1C(=O)CCC1CC(C)=O. The zero-order chi connectivity index (χ0) is 11.3. The van der Waals surface area contributed by atoms with Crippen molar-refractivity contribution < 1.29 is 9.59 Å². The summed E-state index contributed by atoms with van der Waals surface area (Å²) in [6.07, 6.45) is 8.34. The Hall–Kier alpha value is -0.920. The lowest BCUT2D eigenvalue weighted by Gasteiger charge is -2.12. The van der Waals surface area contributed by atoms with Crippen LogP contribution in [0.4, 0.5) is 0 Å². The lowest BCUT2D eigenvalue weighted by atomic mass is 9.90. The molecule has 0 aromatic heterocycles. The van der Waals surface area contributed by atoms with Crippen LogP contribution in [-0.4, -0.2) is 11.6 Å². The lowest BCUT2D eigenvalue weighted by Crippen LogP contribution is -2.14. The molecule has 0 amide bonds. The van der Waals surface area contributed by atoms with Gasteiger partial charge in [0, 0.05) is 18.8 Å². The molecule has 0 aromatic rings. The normalized spacial score (nSPS) is 26.4. The predicted molar refractivity (Wildman–Crippen MR) is 60.6 cm³/mol. The van der Waals surface area contributed by atoms with E-state index in [0.717, 1.165) is 19.3 Å². The molecule has 0 heterocycles. The molecule has 0 aliphatic heterocycles. The number of carbonyl (C=O) groups is 2. The molecular weight excluding hydrogens is 188 g/mol. The van der Waals surface area contributed by atoms with E-state index in [4.69, 9.17) is 0 Å². The summed E-state index contributed by atoms with van der Waals surface area (Å²) in [7, 11) is 0. The van der Waals surface area contributed by atoms with Crippen LogP contribution in [0.1, 0.15) is 46.0 Å². The highest BCUT2D eigenvalue weighted by atomic mass is 16.1. The summed E-state index contributed by atoms with van der Waals surface area (Å²) in [5.41, 5.74) is 0. The molecule has 0 saturated heterocycles. The van der Waals surface area contributed by atoms with E-state index in [-0.39, 0.29) is 17.6 Å². The van der Waals surface area contributed by atoms with Gasteiger partial charge in [0.15, 0.2) is 0 Å². The highest BCUT2D eigenvalue weighted by molar-refractivity contribution is 5.86. The second kappa shape index (κ2) is 5.84. The average Bonchev–Trinajstić information content (AvgIpc) is 2.49. The molecule has 1 aliphatic carbocycles. The number of carbonyl (C=O) groups excluding carboxylic acids is 2. The van der Waals surface area contributed by atoms with Crippen LogP contribution >= 0.6 is 0 Å². The van der Waals surface area contributed by atoms with Gasteiger partial charge in [-0.15, -0.1) is 0 Å². The van der Waals surface area contributed by atoms with Crippen LogP contribution in [-0.2, 0) is 9.59 Å². The Balaban J connectivity index is 2.56. The van der Waals surface area contributed by atoms with Gasteiger partial charge in [-0.2, -0.15) is 0 Å². The van der Waals surface area contributed by atoms with E-state index >= 15 is 0 Å². The van der Waals surface area contributed by atoms with Gasteiger partial charge in [-0.1, -0.05) is 25.5 Å². The van der Waals surface area contributed by atoms with Crippen LogP contribution in [0, 0.1) is 11.8 Å². The van der Waals surface area contributed by atoms with Gasteiger partial charge in [0.1, 0.15) is 11.6 Å². The molecular formula is C13H20O2. The first-order valence-corrected chi connectivity index (χ1v) is 5.84. The van der Waals surface area contributed by atoms with E-state index in [0.29, 0.717) is 18.6 Å². The van der Waals surface area contributed by atoms with Crippen molar-refractivity contribution in [3.63, 3.8) is 0 Å². The molecule has 1 fully saturated rings. The second-order valence-corrected chi connectivity index (χ2v) is 4.41. The van der Waals surface area contributed by atoms with Gasteiger partial charge in [0.2, 0.25) is 0 Å². The summed E-state index contributed by atoms with van der Waals surface area (Å²) in [5, 5.41) is 0. The van der Waals surface area contributed by atoms with Gasteiger partial charge in [-0.3, -0.25) is 4.79 Å². The summed E-state index contributed by atoms with van der Waals surface area (Å²) in [6.45, 7) is 3.73.